The molecule has 1 aliphatic heterocycles. The SMILES string of the molecule is CCOc1ccc2cc(C(=O)Nc3ccc(N4CCCCC4)cc3)[nH]c2c1. The summed E-state index contributed by atoms with van der Waals surface area (Å²) in [5.74, 6) is 0.655. The summed E-state index contributed by atoms with van der Waals surface area (Å²) in [4.78, 5) is 18.2. The predicted octanol–water partition coefficient (Wildman–Crippen LogP) is 4.81. The van der Waals surface area contributed by atoms with Gasteiger partial charge in [0.15, 0.2) is 0 Å². The number of aromatic amines is 1. The standard InChI is InChI=1S/C22H25N3O2/c1-2-27-19-11-6-16-14-21(24-20(16)15-19)22(26)23-17-7-9-18(10-8-17)25-12-4-3-5-13-25/h6-11,14-15,24H,2-5,12-13H2,1H3,(H,23,26). The van der Waals surface area contributed by atoms with E-state index >= 15 is 0 Å². The first-order chi connectivity index (χ1) is 13.2. The maximum absolute atomic E-state index is 12.6. The minimum absolute atomic E-state index is 0.144. The van der Waals surface area contributed by atoms with Gasteiger partial charge in [-0.2, -0.15) is 0 Å². The number of nitrogens with one attached hydrogen (secondary N) is 2. The second kappa shape index (κ2) is 7.74. The molecule has 1 aliphatic rings. The first-order valence-electron chi connectivity index (χ1n) is 9.65. The molecular weight excluding hydrogens is 338 g/mol. The Balaban J connectivity index is 1.46. The van der Waals surface area contributed by atoms with Gasteiger partial charge >= 0.3 is 0 Å². The van der Waals surface area contributed by atoms with Crippen LogP contribution in [-0.4, -0.2) is 30.6 Å². The van der Waals surface area contributed by atoms with E-state index in [0.717, 1.165) is 35.4 Å². The van der Waals surface area contributed by atoms with Crippen molar-refractivity contribution < 1.29 is 9.53 Å². The second-order valence-corrected chi connectivity index (χ2v) is 6.91. The van der Waals surface area contributed by atoms with Crippen LogP contribution in [-0.2, 0) is 0 Å². The van der Waals surface area contributed by atoms with E-state index in [9.17, 15) is 4.79 Å². The number of aromatic nitrogens is 1. The molecule has 1 aromatic heterocycles. The van der Waals surface area contributed by atoms with Gasteiger partial charge in [-0.3, -0.25) is 4.79 Å². The zero-order valence-corrected chi connectivity index (χ0v) is 15.6. The maximum Gasteiger partial charge on any atom is 0.272 e. The number of rotatable bonds is 5. The van der Waals surface area contributed by atoms with Crippen LogP contribution >= 0.6 is 0 Å². The Kier molecular flexibility index (Phi) is 5.01. The van der Waals surface area contributed by atoms with Gasteiger partial charge in [-0.1, -0.05) is 0 Å². The summed E-state index contributed by atoms with van der Waals surface area (Å²) in [5.41, 5.74) is 3.46. The number of H-pyrrole nitrogens is 1. The third kappa shape index (κ3) is 3.92. The van der Waals surface area contributed by atoms with Gasteiger partial charge in [-0.15, -0.1) is 0 Å². The highest BCUT2D eigenvalue weighted by molar-refractivity contribution is 6.06. The number of fused-ring (bicyclic) bond motifs is 1. The molecule has 5 heteroatoms. The third-order valence-electron chi connectivity index (χ3n) is 5.00. The monoisotopic (exact) mass is 363 g/mol. The minimum atomic E-state index is -0.144. The Labute approximate surface area is 159 Å². The van der Waals surface area contributed by atoms with Crippen LogP contribution in [0, 0.1) is 0 Å². The second-order valence-electron chi connectivity index (χ2n) is 6.91. The Morgan fingerprint density at radius 3 is 2.59 bits per heavy atom. The first-order valence-corrected chi connectivity index (χ1v) is 9.65. The van der Waals surface area contributed by atoms with E-state index < -0.39 is 0 Å². The summed E-state index contributed by atoms with van der Waals surface area (Å²) in [6.45, 7) is 4.80. The van der Waals surface area contributed by atoms with E-state index in [2.05, 4.69) is 27.3 Å². The molecule has 4 rings (SSSR count). The number of hydrogen-bond acceptors (Lipinski definition) is 3. The Morgan fingerprint density at radius 2 is 1.85 bits per heavy atom. The quantitative estimate of drug-likeness (QED) is 0.684. The molecule has 3 aromatic rings. The summed E-state index contributed by atoms with van der Waals surface area (Å²) in [6, 6.07) is 15.8. The molecule has 2 aromatic carbocycles. The lowest BCUT2D eigenvalue weighted by Gasteiger charge is -2.28. The van der Waals surface area contributed by atoms with Gasteiger partial charge in [0.05, 0.1) is 6.61 Å². The fourth-order valence-electron chi connectivity index (χ4n) is 3.59. The van der Waals surface area contributed by atoms with E-state index in [1.807, 2.05) is 43.3 Å². The Hall–Kier alpha value is -2.95. The summed E-state index contributed by atoms with van der Waals surface area (Å²) in [7, 11) is 0. The highest BCUT2D eigenvalue weighted by Crippen LogP contribution is 2.24. The van der Waals surface area contributed by atoms with Crippen molar-refractivity contribution in [2.75, 3.05) is 29.9 Å². The molecular formula is C22H25N3O2. The van der Waals surface area contributed by atoms with Gasteiger partial charge in [0.1, 0.15) is 11.4 Å². The summed E-state index contributed by atoms with van der Waals surface area (Å²) < 4.78 is 5.52. The molecule has 27 heavy (non-hydrogen) atoms. The maximum atomic E-state index is 12.6. The van der Waals surface area contributed by atoms with E-state index in [1.54, 1.807) is 0 Å². The van der Waals surface area contributed by atoms with Crippen LogP contribution < -0.4 is 15.0 Å². The molecule has 2 heterocycles. The average Bonchev–Trinajstić information content (AvgIpc) is 3.13. The molecule has 140 valence electrons. The van der Waals surface area contributed by atoms with Crippen molar-refractivity contribution >= 4 is 28.2 Å². The molecule has 1 saturated heterocycles. The van der Waals surface area contributed by atoms with Crippen molar-refractivity contribution in [1.29, 1.82) is 0 Å². The fourth-order valence-corrected chi connectivity index (χ4v) is 3.59. The molecule has 0 atom stereocenters. The number of carbonyl (C=O) groups is 1. The number of carbonyl (C=O) groups excluding carboxylic acids is 1. The van der Waals surface area contributed by atoms with Crippen molar-refractivity contribution in [2.45, 2.75) is 26.2 Å². The van der Waals surface area contributed by atoms with E-state index in [-0.39, 0.29) is 5.91 Å². The number of anilines is 2. The molecule has 0 unspecified atom stereocenters. The molecule has 0 bridgehead atoms. The van der Waals surface area contributed by atoms with E-state index in [4.69, 9.17) is 4.74 Å². The van der Waals surface area contributed by atoms with Crippen molar-refractivity contribution in [3.8, 4) is 5.75 Å². The number of piperidine rings is 1. The lowest BCUT2D eigenvalue weighted by Crippen LogP contribution is -2.29. The third-order valence-corrected chi connectivity index (χ3v) is 5.00. The largest absolute Gasteiger partial charge is 0.494 e. The van der Waals surface area contributed by atoms with Gasteiger partial charge in [-0.05, 0) is 68.7 Å². The van der Waals surface area contributed by atoms with Crippen LogP contribution in [0.5, 0.6) is 5.75 Å². The van der Waals surface area contributed by atoms with Crippen LogP contribution in [0.4, 0.5) is 11.4 Å². The van der Waals surface area contributed by atoms with Crippen LogP contribution in [0.15, 0.2) is 48.5 Å². The number of ether oxygens (including phenoxy) is 1. The molecule has 5 nitrogen and oxygen atoms in total. The molecule has 1 amide bonds. The normalized spacial score (nSPS) is 14.3. The smallest absolute Gasteiger partial charge is 0.272 e. The van der Waals surface area contributed by atoms with Gasteiger partial charge in [0, 0.05) is 41.4 Å². The van der Waals surface area contributed by atoms with Crippen LogP contribution in [0.3, 0.4) is 0 Å². The van der Waals surface area contributed by atoms with Crippen LogP contribution in [0.2, 0.25) is 0 Å². The summed E-state index contributed by atoms with van der Waals surface area (Å²) in [6.07, 6.45) is 3.83. The van der Waals surface area contributed by atoms with Gasteiger partial charge in [0.2, 0.25) is 0 Å². The average molecular weight is 363 g/mol. The van der Waals surface area contributed by atoms with Crippen LogP contribution in [0.25, 0.3) is 10.9 Å². The zero-order chi connectivity index (χ0) is 18.6. The highest BCUT2D eigenvalue weighted by Gasteiger charge is 2.13. The predicted molar refractivity (Wildman–Crippen MR) is 110 cm³/mol. The minimum Gasteiger partial charge on any atom is -0.494 e. The topological polar surface area (TPSA) is 57.4 Å². The summed E-state index contributed by atoms with van der Waals surface area (Å²) in [5, 5.41) is 3.96. The molecule has 1 fully saturated rings. The van der Waals surface area contributed by atoms with Crippen molar-refractivity contribution in [3.63, 3.8) is 0 Å². The lowest BCUT2D eigenvalue weighted by molar-refractivity contribution is 0.102. The molecule has 0 aliphatic carbocycles. The molecule has 0 saturated carbocycles. The van der Waals surface area contributed by atoms with Gasteiger partial charge in [-0.25, -0.2) is 0 Å². The van der Waals surface area contributed by atoms with Crippen molar-refractivity contribution in [3.05, 3.63) is 54.2 Å². The van der Waals surface area contributed by atoms with Crippen molar-refractivity contribution in [1.82, 2.24) is 4.98 Å². The van der Waals surface area contributed by atoms with Crippen LogP contribution in [0.1, 0.15) is 36.7 Å². The van der Waals surface area contributed by atoms with Gasteiger partial charge in [0.25, 0.3) is 5.91 Å². The fraction of sp³-hybridized carbons (Fsp3) is 0.318. The van der Waals surface area contributed by atoms with E-state index in [0.29, 0.717) is 12.3 Å². The van der Waals surface area contributed by atoms with Crippen molar-refractivity contribution in [2.24, 2.45) is 0 Å². The summed E-state index contributed by atoms with van der Waals surface area (Å²) >= 11 is 0. The molecule has 0 spiro atoms. The zero-order valence-electron chi connectivity index (χ0n) is 15.6. The number of benzene rings is 2. The molecule has 2 N–H and O–H groups in total. The Bertz CT molecular complexity index is 924. The number of hydrogen-bond donors (Lipinski definition) is 2. The lowest BCUT2D eigenvalue weighted by atomic mass is 10.1. The van der Waals surface area contributed by atoms with E-state index in [1.165, 1.54) is 24.9 Å². The first kappa shape index (κ1) is 17.5. The number of amides is 1. The highest BCUT2D eigenvalue weighted by atomic mass is 16.5. The molecule has 0 radical (unpaired) electrons. The van der Waals surface area contributed by atoms with Gasteiger partial charge < -0.3 is 19.9 Å². The number of nitrogens with zero attached hydrogens (tertiary/aromatic N) is 1. The Morgan fingerprint density at radius 1 is 1.07 bits per heavy atom.